The highest BCUT2D eigenvalue weighted by atomic mass is 32.2. The van der Waals surface area contributed by atoms with Crippen molar-refractivity contribution in [2.45, 2.75) is 45.2 Å². The number of rotatable bonds is 4. The van der Waals surface area contributed by atoms with Crippen molar-refractivity contribution in [3.63, 3.8) is 0 Å². The predicted octanol–water partition coefficient (Wildman–Crippen LogP) is 4.52. The minimum atomic E-state index is -0.0945. The number of fused-ring (bicyclic) bond motifs is 1. The summed E-state index contributed by atoms with van der Waals surface area (Å²) in [4.78, 5) is 5.00. The second kappa shape index (κ2) is 5.79. The Labute approximate surface area is 114 Å². The highest BCUT2D eigenvalue weighted by Crippen LogP contribution is 2.35. The van der Waals surface area contributed by atoms with Crippen LogP contribution in [0.4, 0.5) is 5.69 Å². The van der Waals surface area contributed by atoms with Gasteiger partial charge in [0.15, 0.2) is 0 Å². The first-order valence-corrected chi connectivity index (χ1v) is 7.98. The van der Waals surface area contributed by atoms with Crippen LogP contribution in [0.1, 0.15) is 45.1 Å². The lowest BCUT2D eigenvalue weighted by atomic mass is 9.97. The molecular formula is C15H22N2S. The molecule has 0 bridgehead atoms. The van der Waals surface area contributed by atoms with Gasteiger partial charge in [0, 0.05) is 11.3 Å². The smallest absolute Gasteiger partial charge is 0.130 e. The van der Waals surface area contributed by atoms with Gasteiger partial charge >= 0.3 is 0 Å². The van der Waals surface area contributed by atoms with Crippen LogP contribution in [0, 0.1) is 0 Å². The van der Waals surface area contributed by atoms with Crippen molar-refractivity contribution in [1.29, 1.82) is 0 Å². The number of aliphatic imine (C=N–C) groups is 1. The lowest BCUT2D eigenvalue weighted by Crippen LogP contribution is -2.39. The molecule has 0 radical (unpaired) electrons. The molecule has 0 amide bonds. The predicted molar refractivity (Wildman–Crippen MR) is 82.7 cm³/mol. The molecule has 0 aromatic heterocycles. The maximum Gasteiger partial charge on any atom is 0.130 e. The first-order chi connectivity index (χ1) is 8.74. The van der Waals surface area contributed by atoms with Crippen LogP contribution < -0.4 is 5.32 Å². The van der Waals surface area contributed by atoms with E-state index in [1.807, 2.05) is 0 Å². The van der Waals surface area contributed by atoms with Crippen LogP contribution in [0.25, 0.3) is 0 Å². The Morgan fingerprint density at radius 2 is 2.06 bits per heavy atom. The molecule has 2 nitrogen and oxygen atoms in total. The SMILES string of the molecule is CCCCC1(CC)N=C(SC)c2ccccc2N1. The number of nitrogens with zero attached hydrogens (tertiary/aromatic N) is 1. The molecule has 18 heavy (non-hydrogen) atoms. The summed E-state index contributed by atoms with van der Waals surface area (Å²) in [6, 6.07) is 8.49. The summed E-state index contributed by atoms with van der Waals surface area (Å²) in [7, 11) is 0. The van der Waals surface area contributed by atoms with Gasteiger partial charge in [0.25, 0.3) is 0 Å². The molecule has 0 aliphatic carbocycles. The summed E-state index contributed by atoms with van der Waals surface area (Å²) in [5.74, 6) is 0. The third-order valence-corrected chi connectivity index (χ3v) is 4.26. The Hall–Kier alpha value is -0.960. The zero-order valence-corrected chi connectivity index (χ0v) is 12.3. The van der Waals surface area contributed by atoms with Gasteiger partial charge in [-0.25, -0.2) is 0 Å². The Kier molecular flexibility index (Phi) is 4.33. The van der Waals surface area contributed by atoms with E-state index < -0.39 is 0 Å². The monoisotopic (exact) mass is 262 g/mol. The topological polar surface area (TPSA) is 24.4 Å². The molecule has 1 aliphatic rings. The maximum atomic E-state index is 5.00. The summed E-state index contributed by atoms with van der Waals surface area (Å²) in [5.41, 5.74) is 2.38. The number of hydrogen-bond donors (Lipinski definition) is 1. The Bertz CT molecular complexity index is 442. The average Bonchev–Trinajstić information content (AvgIpc) is 2.44. The molecule has 1 N–H and O–H groups in total. The third-order valence-electron chi connectivity index (χ3n) is 3.56. The van der Waals surface area contributed by atoms with E-state index in [0.29, 0.717) is 0 Å². The van der Waals surface area contributed by atoms with E-state index in [9.17, 15) is 0 Å². The van der Waals surface area contributed by atoms with Gasteiger partial charge in [0.2, 0.25) is 0 Å². The fourth-order valence-electron chi connectivity index (χ4n) is 2.40. The van der Waals surface area contributed by atoms with Gasteiger partial charge in [-0.3, -0.25) is 4.99 Å². The van der Waals surface area contributed by atoms with E-state index >= 15 is 0 Å². The largest absolute Gasteiger partial charge is 0.361 e. The standard InChI is InChI=1S/C15H22N2S/c1-4-6-11-15(5-2)16-13-10-8-7-9-12(13)14(17-15)18-3/h7-10,16H,4-6,11H2,1-3H3. The number of unbranched alkanes of at least 4 members (excludes halogenated alkanes) is 1. The van der Waals surface area contributed by atoms with Crippen molar-refractivity contribution in [3.05, 3.63) is 29.8 Å². The van der Waals surface area contributed by atoms with Crippen molar-refractivity contribution in [2.75, 3.05) is 11.6 Å². The van der Waals surface area contributed by atoms with Gasteiger partial charge in [0.1, 0.15) is 10.7 Å². The van der Waals surface area contributed by atoms with Crippen LogP contribution >= 0.6 is 11.8 Å². The second-order valence-electron chi connectivity index (χ2n) is 4.78. The van der Waals surface area contributed by atoms with E-state index in [-0.39, 0.29) is 5.66 Å². The van der Waals surface area contributed by atoms with Gasteiger partial charge in [-0.05, 0) is 31.6 Å². The lowest BCUT2D eigenvalue weighted by molar-refractivity contribution is 0.418. The van der Waals surface area contributed by atoms with Crippen molar-refractivity contribution in [2.24, 2.45) is 4.99 Å². The van der Waals surface area contributed by atoms with Crippen molar-refractivity contribution < 1.29 is 0 Å². The molecule has 1 aliphatic heterocycles. The summed E-state index contributed by atoms with van der Waals surface area (Å²) < 4.78 is 0. The highest BCUT2D eigenvalue weighted by molar-refractivity contribution is 8.13. The first-order valence-electron chi connectivity index (χ1n) is 6.76. The van der Waals surface area contributed by atoms with E-state index in [0.717, 1.165) is 12.8 Å². The molecule has 0 fully saturated rings. The normalized spacial score (nSPS) is 22.1. The van der Waals surface area contributed by atoms with Crippen LogP contribution in [0.3, 0.4) is 0 Å². The van der Waals surface area contributed by atoms with Crippen LogP contribution in [-0.4, -0.2) is 17.0 Å². The van der Waals surface area contributed by atoms with Gasteiger partial charge in [-0.2, -0.15) is 0 Å². The van der Waals surface area contributed by atoms with Crippen molar-refractivity contribution in [3.8, 4) is 0 Å². The molecule has 0 saturated heterocycles. The number of hydrogen-bond acceptors (Lipinski definition) is 3. The minimum Gasteiger partial charge on any atom is -0.361 e. The zero-order chi connectivity index (χ0) is 13.0. The lowest BCUT2D eigenvalue weighted by Gasteiger charge is -2.36. The third kappa shape index (κ3) is 2.56. The number of para-hydroxylation sites is 1. The maximum absolute atomic E-state index is 5.00. The van der Waals surface area contributed by atoms with Crippen LogP contribution in [0.5, 0.6) is 0 Å². The van der Waals surface area contributed by atoms with Crippen LogP contribution in [-0.2, 0) is 0 Å². The summed E-state index contributed by atoms with van der Waals surface area (Å²) in [5, 5.41) is 4.83. The highest BCUT2D eigenvalue weighted by Gasteiger charge is 2.32. The van der Waals surface area contributed by atoms with Gasteiger partial charge < -0.3 is 5.32 Å². The van der Waals surface area contributed by atoms with Crippen molar-refractivity contribution in [1.82, 2.24) is 0 Å². The minimum absolute atomic E-state index is 0.0945. The summed E-state index contributed by atoms with van der Waals surface area (Å²) in [6.45, 7) is 4.46. The number of anilines is 1. The number of benzene rings is 1. The van der Waals surface area contributed by atoms with Gasteiger partial charge in [-0.1, -0.05) is 38.5 Å². The molecular weight excluding hydrogens is 240 g/mol. The molecule has 1 atom stereocenters. The second-order valence-corrected chi connectivity index (χ2v) is 5.58. The molecule has 1 unspecified atom stereocenters. The van der Waals surface area contributed by atoms with E-state index in [1.165, 1.54) is 29.1 Å². The van der Waals surface area contributed by atoms with Gasteiger partial charge in [-0.15, -0.1) is 11.8 Å². The quantitative estimate of drug-likeness (QED) is 0.863. The Morgan fingerprint density at radius 1 is 1.28 bits per heavy atom. The summed E-state index contributed by atoms with van der Waals surface area (Å²) in [6.07, 6.45) is 6.69. The summed E-state index contributed by atoms with van der Waals surface area (Å²) >= 11 is 1.75. The molecule has 1 aromatic rings. The average molecular weight is 262 g/mol. The van der Waals surface area contributed by atoms with E-state index in [2.05, 4.69) is 49.7 Å². The molecule has 3 heteroatoms. The molecule has 0 saturated carbocycles. The van der Waals surface area contributed by atoms with Gasteiger partial charge in [0.05, 0.1) is 0 Å². The Morgan fingerprint density at radius 3 is 2.72 bits per heavy atom. The van der Waals surface area contributed by atoms with Crippen LogP contribution in [0.15, 0.2) is 29.3 Å². The number of thioether (sulfide) groups is 1. The van der Waals surface area contributed by atoms with Crippen molar-refractivity contribution >= 4 is 22.5 Å². The zero-order valence-electron chi connectivity index (χ0n) is 11.5. The molecule has 2 rings (SSSR count). The fraction of sp³-hybridized carbons (Fsp3) is 0.533. The van der Waals surface area contributed by atoms with E-state index in [1.54, 1.807) is 11.8 Å². The molecule has 0 spiro atoms. The van der Waals surface area contributed by atoms with E-state index in [4.69, 9.17) is 4.99 Å². The fourth-order valence-corrected chi connectivity index (χ4v) is 3.06. The molecule has 1 heterocycles. The van der Waals surface area contributed by atoms with Crippen LogP contribution in [0.2, 0.25) is 0 Å². The Balaban J connectivity index is 2.37. The molecule has 1 aromatic carbocycles. The molecule has 98 valence electrons. The first kappa shape index (κ1) is 13.5. The number of nitrogens with one attached hydrogen (secondary N) is 1.